The predicted octanol–water partition coefficient (Wildman–Crippen LogP) is 1.49. The summed E-state index contributed by atoms with van der Waals surface area (Å²) in [4.78, 5) is 0. The second kappa shape index (κ2) is 2.41. The Morgan fingerprint density at radius 1 is 1.78 bits per heavy atom. The Morgan fingerprint density at radius 2 is 2.56 bits per heavy atom. The van der Waals surface area contributed by atoms with Crippen LogP contribution in [0.4, 0.5) is 0 Å². The first-order valence-electron chi connectivity index (χ1n) is 3.00. The van der Waals surface area contributed by atoms with Crippen molar-refractivity contribution in [3.8, 4) is 12.3 Å². The first kappa shape index (κ1) is 5.97. The van der Waals surface area contributed by atoms with E-state index in [9.17, 15) is 0 Å². The number of hydrogen-bond donors (Lipinski definition) is 0. The second-order valence-electron chi connectivity index (χ2n) is 1.82. The van der Waals surface area contributed by atoms with Crippen LogP contribution >= 0.6 is 0 Å². The van der Waals surface area contributed by atoms with Crippen molar-refractivity contribution >= 4 is 0 Å². The number of aryl methyl sites for hydroxylation is 1. The molecule has 0 amide bonds. The molecule has 1 nitrogen and oxygen atoms in total. The van der Waals surface area contributed by atoms with Crippen molar-refractivity contribution in [2.24, 2.45) is 0 Å². The molecule has 1 rings (SSSR count). The Kier molecular flexibility index (Phi) is 1.60. The average Bonchev–Trinajstić information content (AvgIpc) is 2.33. The van der Waals surface area contributed by atoms with Gasteiger partial charge in [0.1, 0.15) is 0 Å². The van der Waals surface area contributed by atoms with E-state index in [0.717, 1.165) is 12.2 Å². The first-order valence-corrected chi connectivity index (χ1v) is 3.00. The minimum Gasteiger partial charge on any atom is -0.341 e. The van der Waals surface area contributed by atoms with Gasteiger partial charge in [0.05, 0.1) is 5.69 Å². The third-order valence-electron chi connectivity index (χ3n) is 1.32. The third kappa shape index (κ3) is 0.972. The van der Waals surface area contributed by atoms with Gasteiger partial charge in [0.15, 0.2) is 0 Å². The summed E-state index contributed by atoms with van der Waals surface area (Å²) in [5, 5.41) is 0. The lowest BCUT2D eigenvalue weighted by atomic mass is 10.4. The molecule has 0 N–H and O–H groups in total. The molecule has 0 radical (unpaired) electrons. The fourth-order valence-corrected chi connectivity index (χ4v) is 0.821. The minimum atomic E-state index is 0.951. The van der Waals surface area contributed by atoms with E-state index in [4.69, 9.17) is 6.42 Å². The SMILES string of the molecule is C#Cc1cccn1CC. The highest BCUT2D eigenvalue weighted by molar-refractivity contribution is 5.25. The van der Waals surface area contributed by atoms with Crippen LogP contribution in [-0.2, 0) is 6.54 Å². The zero-order valence-electron chi connectivity index (χ0n) is 5.46. The highest BCUT2D eigenvalue weighted by Crippen LogP contribution is 1.98. The molecule has 0 aliphatic rings. The van der Waals surface area contributed by atoms with E-state index in [-0.39, 0.29) is 0 Å². The predicted molar refractivity (Wildman–Crippen MR) is 38.0 cm³/mol. The lowest BCUT2D eigenvalue weighted by molar-refractivity contribution is 0.760. The van der Waals surface area contributed by atoms with Gasteiger partial charge in [-0.1, -0.05) is 5.92 Å². The smallest absolute Gasteiger partial charge is 0.0916 e. The molecule has 0 atom stereocenters. The average molecular weight is 119 g/mol. The molecule has 0 aliphatic heterocycles. The standard InChI is InChI=1S/C8H9N/c1-3-8-6-5-7-9(8)4-2/h1,5-7H,4H2,2H3. The van der Waals surface area contributed by atoms with Gasteiger partial charge in [-0.15, -0.1) is 6.42 Å². The van der Waals surface area contributed by atoms with E-state index in [1.165, 1.54) is 0 Å². The second-order valence-corrected chi connectivity index (χ2v) is 1.82. The van der Waals surface area contributed by atoms with Gasteiger partial charge in [0, 0.05) is 12.7 Å². The monoisotopic (exact) mass is 119 g/mol. The Bertz CT molecular complexity index is 227. The molecule has 1 aromatic rings. The summed E-state index contributed by atoms with van der Waals surface area (Å²) in [7, 11) is 0. The van der Waals surface area contributed by atoms with Crippen LogP contribution in [0.25, 0.3) is 0 Å². The van der Waals surface area contributed by atoms with Crippen molar-refractivity contribution in [1.82, 2.24) is 4.57 Å². The molecular formula is C8H9N. The molecule has 1 aromatic heterocycles. The van der Waals surface area contributed by atoms with Crippen LogP contribution in [0.3, 0.4) is 0 Å². The van der Waals surface area contributed by atoms with Crippen LogP contribution in [-0.4, -0.2) is 4.57 Å². The molecule has 0 bridgehead atoms. The molecule has 9 heavy (non-hydrogen) atoms. The van der Waals surface area contributed by atoms with E-state index in [1.807, 2.05) is 22.9 Å². The van der Waals surface area contributed by atoms with Crippen molar-refractivity contribution in [3.05, 3.63) is 24.0 Å². The maximum atomic E-state index is 5.20. The molecule has 0 saturated heterocycles. The van der Waals surface area contributed by atoms with E-state index >= 15 is 0 Å². The van der Waals surface area contributed by atoms with E-state index in [0.29, 0.717) is 0 Å². The topological polar surface area (TPSA) is 4.93 Å². The van der Waals surface area contributed by atoms with Crippen LogP contribution in [0.5, 0.6) is 0 Å². The lowest BCUT2D eigenvalue weighted by Gasteiger charge is -1.96. The van der Waals surface area contributed by atoms with Crippen molar-refractivity contribution < 1.29 is 0 Å². The van der Waals surface area contributed by atoms with Crippen molar-refractivity contribution in [1.29, 1.82) is 0 Å². The van der Waals surface area contributed by atoms with Gasteiger partial charge >= 0.3 is 0 Å². The van der Waals surface area contributed by atoms with E-state index in [2.05, 4.69) is 12.8 Å². The molecule has 0 aliphatic carbocycles. The summed E-state index contributed by atoms with van der Waals surface area (Å²) in [5.41, 5.74) is 0.956. The fraction of sp³-hybridized carbons (Fsp3) is 0.250. The molecule has 1 heteroatoms. The van der Waals surface area contributed by atoms with Gasteiger partial charge < -0.3 is 4.57 Å². The van der Waals surface area contributed by atoms with Crippen LogP contribution in [0.2, 0.25) is 0 Å². The van der Waals surface area contributed by atoms with Crippen molar-refractivity contribution in [2.75, 3.05) is 0 Å². The van der Waals surface area contributed by atoms with Crippen LogP contribution in [0, 0.1) is 12.3 Å². The molecular weight excluding hydrogens is 110 g/mol. The summed E-state index contributed by atoms with van der Waals surface area (Å²) in [6.45, 7) is 3.02. The van der Waals surface area contributed by atoms with Gasteiger partial charge in [0.25, 0.3) is 0 Å². The summed E-state index contributed by atoms with van der Waals surface area (Å²) >= 11 is 0. The molecule has 0 fully saturated rings. The van der Waals surface area contributed by atoms with Gasteiger partial charge in [-0.05, 0) is 19.1 Å². The highest BCUT2D eigenvalue weighted by Gasteiger charge is 1.90. The zero-order chi connectivity index (χ0) is 6.69. The molecule has 0 spiro atoms. The summed E-state index contributed by atoms with van der Waals surface area (Å²) in [5.74, 6) is 2.59. The third-order valence-corrected chi connectivity index (χ3v) is 1.32. The van der Waals surface area contributed by atoms with Crippen molar-refractivity contribution in [3.63, 3.8) is 0 Å². The van der Waals surface area contributed by atoms with Crippen LogP contribution in [0.15, 0.2) is 18.3 Å². The molecule has 1 heterocycles. The van der Waals surface area contributed by atoms with E-state index < -0.39 is 0 Å². The van der Waals surface area contributed by atoms with Gasteiger partial charge in [0.2, 0.25) is 0 Å². The maximum Gasteiger partial charge on any atom is 0.0916 e. The van der Waals surface area contributed by atoms with Gasteiger partial charge in [-0.25, -0.2) is 0 Å². The minimum absolute atomic E-state index is 0.951. The fourth-order valence-electron chi connectivity index (χ4n) is 0.821. The normalized spacial score (nSPS) is 8.89. The summed E-state index contributed by atoms with van der Waals surface area (Å²) in [6.07, 6.45) is 7.18. The number of nitrogens with zero attached hydrogens (tertiary/aromatic N) is 1. The lowest BCUT2D eigenvalue weighted by Crippen LogP contribution is -1.93. The maximum absolute atomic E-state index is 5.20. The Labute approximate surface area is 55.3 Å². The number of rotatable bonds is 1. The molecule has 0 aromatic carbocycles. The van der Waals surface area contributed by atoms with Crippen LogP contribution < -0.4 is 0 Å². The largest absolute Gasteiger partial charge is 0.341 e. The number of terminal acetylenes is 1. The summed E-state index contributed by atoms with van der Waals surface area (Å²) < 4.78 is 2.03. The van der Waals surface area contributed by atoms with E-state index in [1.54, 1.807) is 0 Å². The van der Waals surface area contributed by atoms with Crippen molar-refractivity contribution in [2.45, 2.75) is 13.5 Å². The van der Waals surface area contributed by atoms with Gasteiger partial charge in [-0.3, -0.25) is 0 Å². The molecule has 0 unspecified atom stereocenters. The highest BCUT2D eigenvalue weighted by atomic mass is 14.9. The Morgan fingerprint density at radius 3 is 3.00 bits per heavy atom. The van der Waals surface area contributed by atoms with Crippen LogP contribution in [0.1, 0.15) is 12.6 Å². The first-order chi connectivity index (χ1) is 4.38. The molecule has 0 saturated carbocycles. The zero-order valence-corrected chi connectivity index (χ0v) is 5.46. The number of hydrogen-bond acceptors (Lipinski definition) is 0. The number of aromatic nitrogens is 1. The quantitative estimate of drug-likeness (QED) is 0.493. The summed E-state index contributed by atoms with van der Waals surface area (Å²) in [6, 6.07) is 3.89. The Hall–Kier alpha value is -1.16. The van der Waals surface area contributed by atoms with Gasteiger partial charge in [-0.2, -0.15) is 0 Å². The molecule has 46 valence electrons. The Balaban J connectivity index is 3.02.